The molecule has 2 aromatic carbocycles. The van der Waals surface area contributed by atoms with Gasteiger partial charge in [0.1, 0.15) is 5.01 Å². The number of benzene rings is 2. The third-order valence-corrected chi connectivity index (χ3v) is 6.93. The summed E-state index contributed by atoms with van der Waals surface area (Å²) < 4.78 is 0.857. The van der Waals surface area contributed by atoms with Gasteiger partial charge in [-0.2, -0.15) is 0 Å². The van der Waals surface area contributed by atoms with Crippen molar-refractivity contribution in [2.24, 2.45) is 0 Å². The first kappa shape index (κ1) is 20.1. The van der Waals surface area contributed by atoms with E-state index in [-0.39, 0.29) is 11.5 Å². The Kier molecular flexibility index (Phi) is 5.74. The fourth-order valence-corrected chi connectivity index (χ4v) is 5.35. The second-order valence-electron chi connectivity index (χ2n) is 6.21. The average Bonchev–Trinajstić information content (AvgIpc) is 3.09. The summed E-state index contributed by atoms with van der Waals surface area (Å²) >= 11 is 15.4. The largest absolute Gasteiger partial charge is 0.320 e. The standard InChI is InChI=1S/C20H14Cl2N4OS2/c1-10-9-23-17-12(18(10)29-20-26-25-11(2)28-20)5-3-8-15(17)24-19(27)16-13(21)6-4-7-14(16)22/h3-9H,1-2H3,(H,24,27). The summed E-state index contributed by atoms with van der Waals surface area (Å²) in [5, 5.41) is 13.6. The van der Waals surface area contributed by atoms with E-state index >= 15 is 0 Å². The molecule has 0 unspecified atom stereocenters. The predicted octanol–water partition coefficient (Wildman–Crippen LogP) is 6.41. The fourth-order valence-electron chi connectivity index (χ4n) is 2.84. The van der Waals surface area contributed by atoms with Crippen LogP contribution >= 0.6 is 46.3 Å². The Morgan fingerprint density at radius 2 is 1.79 bits per heavy atom. The fraction of sp³-hybridized carbons (Fsp3) is 0.100. The van der Waals surface area contributed by atoms with Gasteiger partial charge in [-0.25, -0.2) is 0 Å². The minimum absolute atomic E-state index is 0.235. The van der Waals surface area contributed by atoms with Gasteiger partial charge in [-0.15, -0.1) is 10.2 Å². The number of carbonyl (C=O) groups is 1. The number of aromatic nitrogens is 3. The molecule has 1 amide bonds. The zero-order chi connectivity index (χ0) is 20.5. The zero-order valence-corrected chi connectivity index (χ0v) is 18.5. The number of pyridine rings is 1. The summed E-state index contributed by atoms with van der Waals surface area (Å²) in [5.41, 5.74) is 2.52. The highest BCUT2D eigenvalue weighted by atomic mass is 35.5. The molecule has 0 atom stereocenters. The van der Waals surface area contributed by atoms with Crippen LogP contribution in [0.15, 0.2) is 51.8 Å². The van der Waals surface area contributed by atoms with Crippen molar-refractivity contribution < 1.29 is 4.79 Å². The Hall–Kier alpha value is -2.19. The summed E-state index contributed by atoms with van der Waals surface area (Å²) in [6.07, 6.45) is 1.79. The maximum atomic E-state index is 12.8. The number of anilines is 1. The van der Waals surface area contributed by atoms with Crippen molar-refractivity contribution in [2.75, 3.05) is 5.32 Å². The van der Waals surface area contributed by atoms with Gasteiger partial charge in [0, 0.05) is 16.5 Å². The van der Waals surface area contributed by atoms with Crippen molar-refractivity contribution in [3.63, 3.8) is 0 Å². The van der Waals surface area contributed by atoms with Gasteiger partial charge in [-0.3, -0.25) is 9.78 Å². The third-order valence-electron chi connectivity index (χ3n) is 4.16. The van der Waals surface area contributed by atoms with E-state index in [1.165, 1.54) is 11.3 Å². The molecule has 2 aromatic heterocycles. The van der Waals surface area contributed by atoms with E-state index in [1.807, 2.05) is 26.0 Å². The molecule has 4 rings (SSSR count). The van der Waals surface area contributed by atoms with Gasteiger partial charge in [0.05, 0.1) is 26.8 Å². The van der Waals surface area contributed by atoms with Crippen LogP contribution < -0.4 is 5.32 Å². The van der Waals surface area contributed by atoms with Crippen LogP contribution in [0.1, 0.15) is 20.9 Å². The summed E-state index contributed by atoms with van der Waals surface area (Å²) in [6.45, 7) is 3.92. The van der Waals surface area contributed by atoms with Gasteiger partial charge in [-0.05, 0) is 37.6 Å². The van der Waals surface area contributed by atoms with Crippen LogP contribution in [-0.2, 0) is 0 Å². The van der Waals surface area contributed by atoms with Gasteiger partial charge in [0.15, 0.2) is 4.34 Å². The average molecular weight is 461 g/mol. The topological polar surface area (TPSA) is 67.8 Å². The van der Waals surface area contributed by atoms with Gasteiger partial charge in [0.2, 0.25) is 0 Å². The highest BCUT2D eigenvalue weighted by molar-refractivity contribution is 8.01. The first-order chi connectivity index (χ1) is 13.9. The van der Waals surface area contributed by atoms with Crippen molar-refractivity contribution in [3.05, 3.63) is 68.8 Å². The normalized spacial score (nSPS) is 11.0. The molecule has 0 saturated heterocycles. The number of hydrogen-bond donors (Lipinski definition) is 1. The minimum Gasteiger partial charge on any atom is -0.320 e. The summed E-state index contributed by atoms with van der Waals surface area (Å²) in [7, 11) is 0. The van der Waals surface area contributed by atoms with Crippen molar-refractivity contribution in [1.29, 1.82) is 0 Å². The second kappa shape index (κ2) is 8.28. The molecule has 1 N–H and O–H groups in total. The van der Waals surface area contributed by atoms with Crippen molar-refractivity contribution >= 4 is 68.8 Å². The van der Waals surface area contributed by atoms with E-state index in [0.717, 1.165) is 25.2 Å². The monoisotopic (exact) mass is 460 g/mol. The molecule has 0 aliphatic carbocycles. The quantitative estimate of drug-likeness (QED) is 0.380. The number of nitrogens with zero attached hydrogens (tertiary/aromatic N) is 3. The molecular weight excluding hydrogens is 447 g/mol. The van der Waals surface area contributed by atoms with Gasteiger partial charge in [0.25, 0.3) is 5.91 Å². The van der Waals surface area contributed by atoms with E-state index in [2.05, 4.69) is 20.5 Å². The van der Waals surface area contributed by atoms with Crippen LogP contribution in [0.25, 0.3) is 10.9 Å². The first-order valence-corrected chi connectivity index (χ1v) is 10.9. The smallest absolute Gasteiger partial charge is 0.258 e. The lowest BCUT2D eigenvalue weighted by molar-refractivity contribution is 0.102. The molecule has 0 bridgehead atoms. The number of hydrogen-bond acceptors (Lipinski definition) is 6. The predicted molar refractivity (Wildman–Crippen MR) is 120 cm³/mol. The summed E-state index contributed by atoms with van der Waals surface area (Å²) in [5.74, 6) is -0.385. The van der Waals surface area contributed by atoms with E-state index < -0.39 is 0 Å². The van der Waals surface area contributed by atoms with Crippen LogP contribution in [0.5, 0.6) is 0 Å². The number of nitrogens with one attached hydrogen (secondary N) is 1. The molecule has 0 radical (unpaired) electrons. The van der Waals surface area contributed by atoms with E-state index in [9.17, 15) is 4.79 Å². The van der Waals surface area contributed by atoms with E-state index in [0.29, 0.717) is 21.2 Å². The number of para-hydroxylation sites is 1. The molecule has 0 spiro atoms. The molecule has 0 fully saturated rings. The second-order valence-corrected chi connectivity index (χ2v) is 9.47. The number of fused-ring (bicyclic) bond motifs is 1. The minimum atomic E-state index is -0.385. The number of carbonyl (C=O) groups excluding carboxylic acids is 1. The Morgan fingerprint density at radius 3 is 2.48 bits per heavy atom. The number of aryl methyl sites for hydroxylation is 2. The maximum absolute atomic E-state index is 12.8. The summed E-state index contributed by atoms with van der Waals surface area (Å²) in [6, 6.07) is 10.6. The van der Waals surface area contributed by atoms with E-state index in [1.54, 1.807) is 42.2 Å². The molecule has 0 aliphatic heterocycles. The number of halogens is 2. The SMILES string of the molecule is Cc1nnc(Sc2c(C)cnc3c(NC(=O)c4c(Cl)cccc4Cl)cccc23)s1. The number of rotatable bonds is 4. The zero-order valence-electron chi connectivity index (χ0n) is 15.4. The molecule has 4 aromatic rings. The molecule has 0 saturated carbocycles. The van der Waals surface area contributed by atoms with Crippen LogP contribution in [0.4, 0.5) is 5.69 Å². The lowest BCUT2D eigenvalue weighted by Crippen LogP contribution is -2.13. The highest BCUT2D eigenvalue weighted by Gasteiger charge is 2.18. The molecule has 0 aliphatic rings. The molecule has 9 heteroatoms. The van der Waals surface area contributed by atoms with Crippen LogP contribution in [0.2, 0.25) is 10.0 Å². The van der Waals surface area contributed by atoms with Crippen molar-refractivity contribution in [3.8, 4) is 0 Å². The van der Waals surface area contributed by atoms with Crippen LogP contribution in [0, 0.1) is 13.8 Å². The van der Waals surface area contributed by atoms with Gasteiger partial charge >= 0.3 is 0 Å². The maximum Gasteiger partial charge on any atom is 0.258 e. The van der Waals surface area contributed by atoms with Crippen molar-refractivity contribution in [1.82, 2.24) is 15.2 Å². The Bertz CT molecular complexity index is 1220. The lowest BCUT2D eigenvalue weighted by Gasteiger charge is -2.13. The Labute approximate surface area is 185 Å². The first-order valence-electron chi connectivity index (χ1n) is 8.55. The molecular formula is C20H14Cl2N4OS2. The molecule has 146 valence electrons. The van der Waals surface area contributed by atoms with Crippen LogP contribution in [-0.4, -0.2) is 21.1 Å². The van der Waals surface area contributed by atoms with Crippen molar-refractivity contribution in [2.45, 2.75) is 23.1 Å². The van der Waals surface area contributed by atoms with Crippen LogP contribution in [0.3, 0.4) is 0 Å². The Balaban J connectivity index is 1.75. The van der Waals surface area contributed by atoms with Gasteiger partial charge in [-0.1, -0.05) is 64.5 Å². The highest BCUT2D eigenvalue weighted by Crippen LogP contribution is 2.38. The third kappa shape index (κ3) is 4.09. The molecule has 2 heterocycles. The summed E-state index contributed by atoms with van der Waals surface area (Å²) in [4.78, 5) is 18.4. The lowest BCUT2D eigenvalue weighted by atomic mass is 10.1. The molecule has 29 heavy (non-hydrogen) atoms. The number of amides is 1. The van der Waals surface area contributed by atoms with E-state index in [4.69, 9.17) is 23.2 Å². The Morgan fingerprint density at radius 1 is 1.07 bits per heavy atom. The molecule has 5 nitrogen and oxygen atoms in total. The van der Waals surface area contributed by atoms with Gasteiger partial charge < -0.3 is 5.32 Å².